The van der Waals surface area contributed by atoms with Crippen LogP contribution >= 0.6 is 11.3 Å². The molecule has 2 aromatic heterocycles. The molecule has 0 saturated heterocycles. The van der Waals surface area contributed by atoms with Crippen LogP contribution in [0.15, 0.2) is 194 Å². The fourth-order valence-corrected chi connectivity index (χ4v) is 9.93. The molecule has 1 aliphatic carbocycles. The highest BCUT2D eigenvalue weighted by Gasteiger charge is 2.24. The Bertz CT molecular complexity index is 3090. The number of benzene rings is 8. The van der Waals surface area contributed by atoms with Gasteiger partial charge in [-0.2, -0.15) is 0 Å². The first-order valence-corrected chi connectivity index (χ1v) is 19.8. The quantitative estimate of drug-likeness (QED) is 0.166. The third kappa shape index (κ3) is 5.39. The van der Waals surface area contributed by atoms with Crippen LogP contribution in [0.25, 0.3) is 71.0 Å². The highest BCUT2D eigenvalue weighted by atomic mass is 32.1. The molecule has 0 N–H and O–H groups in total. The number of hydrogen-bond acceptors (Lipinski definition) is 2. The first-order valence-electron chi connectivity index (χ1n) is 19.0. The minimum Gasteiger partial charge on any atom is -0.333 e. The Morgan fingerprint density at radius 3 is 2.02 bits per heavy atom. The van der Waals surface area contributed by atoms with E-state index in [1.165, 1.54) is 75.4 Å². The average molecular weight is 721 g/mol. The monoisotopic (exact) mass is 720 g/mol. The predicted molar refractivity (Wildman–Crippen MR) is 236 cm³/mol. The normalized spacial score (nSPS) is 13.9. The maximum absolute atomic E-state index is 2.57. The number of nitrogens with zero attached hydrogens (tertiary/aromatic N) is 2. The Labute approximate surface area is 324 Å². The molecule has 0 bridgehead atoms. The van der Waals surface area contributed by atoms with E-state index in [9.17, 15) is 0 Å². The van der Waals surface area contributed by atoms with E-state index in [1.807, 2.05) is 11.3 Å². The molecule has 2 heterocycles. The zero-order valence-corrected chi connectivity index (χ0v) is 31.0. The minimum absolute atomic E-state index is 0.240. The summed E-state index contributed by atoms with van der Waals surface area (Å²) in [6.45, 7) is 0. The summed E-state index contributed by atoms with van der Waals surface area (Å²) in [4.78, 5) is 3.76. The van der Waals surface area contributed by atoms with Gasteiger partial charge in [-0.3, -0.25) is 0 Å². The lowest BCUT2D eigenvalue weighted by Gasteiger charge is -2.26. The van der Waals surface area contributed by atoms with Crippen molar-refractivity contribution in [2.24, 2.45) is 0 Å². The first-order chi connectivity index (χ1) is 27.3. The zero-order valence-electron chi connectivity index (χ0n) is 30.1. The molecule has 10 aromatic rings. The van der Waals surface area contributed by atoms with Crippen LogP contribution in [0.3, 0.4) is 0 Å². The molecule has 11 rings (SSSR count). The summed E-state index contributed by atoms with van der Waals surface area (Å²) < 4.78 is 3.94. The third-order valence-electron chi connectivity index (χ3n) is 11.3. The van der Waals surface area contributed by atoms with Gasteiger partial charge < -0.3 is 9.47 Å². The molecule has 0 aliphatic heterocycles. The van der Waals surface area contributed by atoms with Crippen LogP contribution in [-0.2, 0) is 6.42 Å². The molecule has 1 atom stereocenters. The molecular weight excluding hydrogens is 685 g/mol. The van der Waals surface area contributed by atoms with E-state index in [0.717, 1.165) is 23.5 Å². The van der Waals surface area contributed by atoms with E-state index in [4.69, 9.17) is 0 Å². The standard InChI is InChI=1S/C52H36N2S/c1-2-16-39(17-3-1)53(41-27-25-35-13-4-5-14-36(35)31-41)40-18-12-15-37(32-40)43-19-6-7-20-44(43)38-26-29-50-47(33-38)45-21-8-10-23-49(45)54(50)42-28-30-52-48(34-42)46-22-9-11-24-51(46)55-52/h1-33,42H,34H2. The van der Waals surface area contributed by atoms with Gasteiger partial charge in [-0.05, 0) is 117 Å². The van der Waals surface area contributed by atoms with Crippen molar-refractivity contribution in [2.45, 2.75) is 12.5 Å². The topological polar surface area (TPSA) is 8.17 Å². The molecule has 55 heavy (non-hydrogen) atoms. The zero-order chi connectivity index (χ0) is 36.3. The van der Waals surface area contributed by atoms with Crippen LogP contribution in [0, 0.1) is 0 Å². The van der Waals surface area contributed by atoms with Crippen molar-refractivity contribution < 1.29 is 0 Å². The molecule has 0 amide bonds. The van der Waals surface area contributed by atoms with Gasteiger partial charge in [-0.1, -0.05) is 133 Å². The lowest BCUT2D eigenvalue weighted by Crippen LogP contribution is -2.12. The number of fused-ring (bicyclic) bond motifs is 7. The van der Waals surface area contributed by atoms with Gasteiger partial charge in [-0.25, -0.2) is 0 Å². The molecule has 0 spiro atoms. The maximum Gasteiger partial charge on any atom is 0.0567 e. The number of allylic oxidation sites excluding steroid dienone is 1. The van der Waals surface area contributed by atoms with Gasteiger partial charge >= 0.3 is 0 Å². The van der Waals surface area contributed by atoms with Gasteiger partial charge in [0, 0.05) is 48.4 Å². The fraction of sp³-hybridized carbons (Fsp3) is 0.0385. The van der Waals surface area contributed by atoms with Crippen LogP contribution in [-0.4, -0.2) is 4.57 Å². The Kier molecular flexibility index (Phi) is 7.53. The number of para-hydroxylation sites is 2. The van der Waals surface area contributed by atoms with Crippen LogP contribution in [0.4, 0.5) is 17.1 Å². The molecule has 260 valence electrons. The van der Waals surface area contributed by atoms with Crippen LogP contribution in [0.5, 0.6) is 0 Å². The second-order valence-corrected chi connectivity index (χ2v) is 15.6. The summed E-state index contributed by atoms with van der Waals surface area (Å²) in [5, 5.41) is 6.44. The Hall–Kier alpha value is -6.68. The van der Waals surface area contributed by atoms with Gasteiger partial charge in [0.1, 0.15) is 0 Å². The molecule has 0 radical (unpaired) electrons. The predicted octanol–water partition coefficient (Wildman–Crippen LogP) is 14.8. The minimum atomic E-state index is 0.240. The van der Waals surface area contributed by atoms with Crippen LogP contribution in [0.1, 0.15) is 16.5 Å². The van der Waals surface area contributed by atoms with Crippen LogP contribution in [0.2, 0.25) is 0 Å². The number of aromatic nitrogens is 1. The largest absolute Gasteiger partial charge is 0.333 e. The number of rotatable bonds is 6. The lowest BCUT2D eigenvalue weighted by atomic mass is 9.93. The van der Waals surface area contributed by atoms with E-state index in [0.29, 0.717) is 0 Å². The van der Waals surface area contributed by atoms with Crippen molar-refractivity contribution in [1.82, 2.24) is 4.57 Å². The van der Waals surface area contributed by atoms with Gasteiger partial charge in [0.25, 0.3) is 0 Å². The van der Waals surface area contributed by atoms with E-state index in [1.54, 1.807) is 0 Å². The van der Waals surface area contributed by atoms with Crippen molar-refractivity contribution in [3.05, 3.63) is 205 Å². The van der Waals surface area contributed by atoms with Crippen molar-refractivity contribution in [3.8, 4) is 22.3 Å². The molecule has 1 unspecified atom stereocenters. The summed E-state index contributed by atoms with van der Waals surface area (Å²) >= 11 is 1.91. The van der Waals surface area contributed by atoms with E-state index in [2.05, 4.69) is 210 Å². The molecule has 8 aromatic carbocycles. The summed E-state index contributed by atoms with van der Waals surface area (Å²) in [6, 6.07) is 69.0. The smallest absolute Gasteiger partial charge is 0.0567 e. The maximum atomic E-state index is 2.57. The Balaban J connectivity index is 1.01. The van der Waals surface area contributed by atoms with Gasteiger partial charge in [-0.15, -0.1) is 11.3 Å². The molecule has 3 heteroatoms. The first kappa shape index (κ1) is 31.8. The molecule has 0 fully saturated rings. The summed E-state index contributed by atoms with van der Waals surface area (Å²) in [7, 11) is 0. The van der Waals surface area contributed by atoms with Crippen molar-refractivity contribution in [2.75, 3.05) is 4.90 Å². The number of anilines is 3. The number of hydrogen-bond donors (Lipinski definition) is 0. The Morgan fingerprint density at radius 2 is 1.15 bits per heavy atom. The molecule has 1 aliphatic rings. The average Bonchev–Trinajstić information content (AvgIpc) is 3.79. The van der Waals surface area contributed by atoms with Gasteiger partial charge in [0.15, 0.2) is 0 Å². The summed E-state index contributed by atoms with van der Waals surface area (Å²) in [5.74, 6) is 0. The van der Waals surface area contributed by atoms with Crippen molar-refractivity contribution in [3.63, 3.8) is 0 Å². The lowest BCUT2D eigenvalue weighted by molar-refractivity contribution is 0.640. The van der Waals surface area contributed by atoms with Crippen molar-refractivity contribution in [1.29, 1.82) is 0 Å². The fourth-order valence-electron chi connectivity index (χ4n) is 8.78. The summed E-state index contributed by atoms with van der Waals surface area (Å²) in [5.41, 5.74) is 12.2. The SMILES string of the molecule is C1=CC(n2c3ccccc3c3cc(-c4ccccc4-c4cccc(N(c5ccccc5)c5ccc6ccccc6c5)c4)ccc32)Cc2c1sc1ccccc21. The molecule has 0 saturated carbocycles. The van der Waals surface area contributed by atoms with Crippen molar-refractivity contribution >= 4 is 77.1 Å². The second kappa shape index (κ2) is 13.0. The highest BCUT2D eigenvalue weighted by molar-refractivity contribution is 7.20. The van der Waals surface area contributed by atoms with Crippen LogP contribution < -0.4 is 4.90 Å². The second-order valence-electron chi connectivity index (χ2n) is 14.5. The molecular formula is C52H36N2S. The third-order valence-corrected chi connectivity index (χ3v) is 12.5. The Morgan fingerprint density at radius 1 is 0.473 bits per heavy atom. The highest BCUT2D eigenvalue weighted by Crippen LogP contribution is 2.44. The molecule has 2 nitrogen and oxygen atoms in total. The van der Waals surface area contributed by atoms with E-state index in [-0.39, 0.29) is 6.04 Å². The van der Waals surface area contributed by atoms with Gasteiger partial charge in [0.05, 0.1) is 6.04 Å². The van der Waals surface area contributed by atoms with E-state index >= 15 is 0 Å². The van der Waals surface area contributed by atoms with E-state index < -0.39 is 0 Å². The summed E-state index contributed by atoms with van der Waals surface area (Å²) in [6.07, 6.45) is 5.76. The van der Waals surface area contributed by atoms with Gasteiger partial charge in [0.2, 0.25) is 0 Å². The number of thiophene rings is 1.